The number of oxazole rings is 1. The second-order valence-corrected chi connectivity index (χ2v) is 6.27. The van der Waals surface area contributed by atoms with E-state index in [1.807, 2.05) is 24.3 Å². The summed E-state index contributed by atoms with van der Waals surface area (Å²) in [6.45, 7) is 1.95. The third-order valence-corrected chi connectivity index (χ3v) is 4.46. The molecule has 128 valence electrons. The van der Waals surface area contributed by atoms with E-state index in [0.29, 0.717) is 11.7 Å². The van der Waals surface area contributed by atoms with Crippen LogP contribution in [0.5, 0.6) is 5.75 Å². The van der Waals surface area contributed by atoms with Gasteiger partial charge in [0.05, 0.1) is 12.7 Å². The van der Waals surface area contributed by atoms with Crippen LogP contribution in [0.2, 0.25) is 0 Å². The number of nitrogens with zero attached hydrogens (tertiary/aromatic N) is 1. The minimum atomic E-state index is -0.786. The SMILES string of the molecule is COc1ccc(-c2nc(C(=O)NCC3(O)CCCC3)c(C)o2)cc1. The van der Waals surface area contributed by atoms with Gasteiger partial charge in [-0.2, -0.15) is 0 Å². The molecule has 0 spiro atoms. The molecule has 1 aromatic heterocycles. The fourth-order valence-corrected chi connectivity index (χ4v) is 3.00. The van der Waals surface area contributed by atoms with Gasteiger partial charge in [0, 0.05) is 12.1 Å². The largest absolute Gasteiger partial charge is 0.497 e. The van der Waals surface area contributed by atoms with Crippen molar-refractivity contribution in [3.05, 3.63) is 35.7 Å². The molecule has 0 unspecified atom stereocenters. The Hall–Kier alpha value is -2.34. The Labute approximate surface area is 140 Å². The van der Waals surface area contributed by atoms with Gasteiger partial charge in [-0.15, -0.1) is 0 Å². The van der Waals surface area contributed by atoms with E-state index in [1.54, 1.807) is 14.0 Å². The van der Waals surface area contributed by atoms with E-state index in [2.05, 4.69) is 10.3 Å². The highest BCUT2D eigenvalue weighted by Gasteiger charge is 2.32. The normalized spacial score (nSPS) is 16.1. The first-order valence-electron chi connectivity index (χ1n) is 8.13. The molecule has 0 atom stereocenters. The van der Waals surface area contributed by atoms with E-state index in [0.717, 1.165) is 37.0 Å². The van der Waals surface area contributed by atoms with E-state index in [4.69, 9.17) is 9.15 Å². The minimum absolute atomic E-state index is 0.246. The molecule has 2 N–H and O–H groups in total. The number of carbonyl (C=O) groups is 1. The Bertz CT molecular complexity index is 715. The van der Waals surface area contributed by atoms with Crippen molar-refractivity contribution in [2.24, 2.45) is 0 Å². The molecule has 0 saturated heterocycles. The second kappa shape index (κ2) is 6.65. The van der Waals surface area contributed by atoms with Crippen LogP contribution in [-0.4, -0.2) is 35.3 Å². The van der Waals surface area contributed by atoms with Gasteiger partial charge >= 0.3 is 0 Å². The van der Waals surface area contributed by atoms with Gasteiger partial charge in [-0.05, 0) is 44.0 Å². The van der Waals surface area contributed by atoms with Crippen LogP contribution in [0.3, 0.4) is 0 Å². The van der Waals surface area contributed by atoms with E-state index in [1.165, 1.54) is 0 Å². The van der Waals surface area contributed by atoms with Crippen LogP contribution in [0.25, 0.3) is 11.5 Å². The van der Waals surface area contributed by atoms with Crippen molar-refractivity contribution >= 4 is 5.91 Å². The summed E-state index contributed by atoms with van der Waals surface area (Å²) in [7, 11) is 1.60. The Morgan fingerprint density at radius 1 is 1.33 bits per heavy atom. The van der Waals surface area contributed by atoms with Crippen LogP contribution >= 0.6 is 0 Å². The molecular weight excluding hydrogens is 308 g/mol. The number of hydrogen-bond acceptors (Lipinski definition) is 5. The van der Waals surface area contributed by atoms with Crippen LogP contribution in [-0.2, 0) is 0 Å². The number of amides is 1. The molecule has 1 fully saturated rings. The molecule has 0 radical (unpaired) electrons. The number of methoxy groups -OCH3 is 1. The molecule has 1 heterocycles. The minimum Gasteiger partial charge on any atom is -0.497 e. The van der Waals surface area contributed by atoms with Gasteiger partial charge in [0.15, 0.2) is 5.69 Å². The molecule has 0 aliphatic heterocycles. The van der Waals surface area contributed by atoms with Crippen molar-refractivity contribution in [3.63, 3.8) is 0 Å². The quantitative estimate of drug-likeness (QED) is 0.880. The monoisotopic (exact) mass is 330 g/mol. The van der Waals surface area contributed by atoms with Crippen molar-refractivity contribution in [1.82, 2.24) is 10.3 Å². The zero-order chi connectivity index (χ0) is 17.2. The summed E-state index contributed by atoms with van der Waals surface area (Å²) in [4.78, 5) is 16.6. The van der Waals surface area contributed by atoms with Gasteiger partial charge in [-0.1, -0.05) is 12.8 Å². The molecule has 1 aliphatic rings. The Balaban J connectivity index is 1.71. The lowest BCUT2D eigenvalue weighted by Gasteiger charge is -2.21. The predicted octanol–water partition coefficient (Wildman–Crippen LogP) is 2.69. The van der Waals surface area contributed by atoms with Crippen molar-refractivity contribution < 1.29 is 19.1 Å². The fraction of sp³-hybridized carbons (Fsp3) is 0.444. The Kier molecular flexibility index (Phi) is 4.57. The lowest BCUT2D eigenvalue weighted by Crippen LogP contribution is -2.41. The fourth-order valence-electron chi connectivity index (χ4n) is 3.00. The summed E-state index contributed by atoms with van der Waals surface area (Å²) in [5.74, 6) is 1.26. The molecule has 2 aromatic rings. The first kappa shape index (κ1) is 16.5. The molecule has 6 heteroatoms. The molecule has 1 saturated carbocycles. The summed E-state index contributed by atoms with van der Waals surface area (Å²) in [6.07, 6.45) is 3.44. The third kappa shape index (κ3) is 3.43. The van der Waals surface area contributed by atoms with Crippen LogP contribution in [0.1, 0.15) is 41.9 Å². The van der Waals surface area contributed by atoms with E-state index < -0.39 is 5.60 Å². The van der Waals surface area contributed by atoms with Gasteiger partial charge in [0.1, 0.15) is 11.5 Å². The second-order valence-electron chi connectivity index (χ2n) is 6.27. The predicted molar refractivity (Wildman–Crippen MR) is 89.0 cm³/mol. The molecule has 1 aliphatic carbocycles. The first-order valence-corrected chi connectivity index (χ1v) is 8.13. The van der Waals surface area contributed by atoms with Gasteiger partial charge < -0.3 is 19.6 Å². The molecular formula is C18H22N2O4. The molecule has 3 rings (SSSR count). The molecule has 1 aromatic carbocycles. The maximum Gasteiger partial charge on any atom is 0.273 e. The molecule has 24 heavy (non-hydrogen) atoms. The number of hydrogen-bond donors (Lipinski definition) is 2. The lowest BCUT2D eigenvalue weighted by atomic mass is 10.0. The summed E-state index contributed by atoms with van der Waals surface area (Å²) >= 11 is 0. The van der Waals surface area contributed by atoms with Crippen molar-refractivity contribution in [2.45, 2.75) is 38.2 Å². The zero-order valence-corrected chi connectivity index (χ0v) is 14.0. The van der Waals surface area contributed by atoms with Crippen LogP contribution in [0.4, 0.5) is 0 Å². The first-order chi connectivity index (χ1) is 11.5. The van der Waals surface area contributed by atoms with E-state index in [9.17, 15) is 9.90 Å². The highest BCUT2D eigenvalue weighted by molar-refractivity contribution is 5.93. The van der Waals surface area contributed by atoms with Gasteiger partial charge in [-0.25, -0.2) is 4.98 Å². The lowest BCUT2D eigenvalue weighted by molar-refractivity contribution is 0.0448. The van der Waals surface area contributed by atoms with Crippen molar-refractivity contribution in [2.75, 3.05) is 13.7 Å². The summed E-state index contributed by atoms with van der Waals surface area (Å²) < 4.78 is 10.7. The van der Waals surface area contributed by atoms with Gasteiger partial charge in [0.2, 0.25) is 5.89 Å². The average molecular weight is 330 g/mol. The Morgan fingerprint density at radius 2 is 2.00 bits per heavy atom. The highest BCUT2D eigenvalue weighted by Crippen LogP contribution is 2.29. The number of aliphatic hydroxyl groups is 1. The number of nitrogens with one attached hydrogen (secondary N) is 1. The summed E-state index contributed by atoms with van der Waals surface area (Å²) in [5, 5.41) is 13.1. The third-order valence-electron chi connectivity index (χ3n) is 4.46. The smallest absolute Gasteiger partial charge is 0.273 e. The number of aryl methyl sites for hydroxylation is 1. The Morgan fingerprint density at radius 3 is 2.62 bits per heavy atom. The molecule has 6 nitrogen and oxygen atoms in total. The number of benzene rings is 1. The van der Waals surface area contributed by atoms with Crippen molar-refractivity contribution in [1.29, 1.82) is 0 Å². The molecule has 1 amide bonds. The van der Waals surface area contributed by atoms with E-state index in [-0.39, 0.29) is 18.1 Å². The van der Waals surface area contributed by atoms with Gasteiger partial charge in [-0.3, -0.25) is 4.79 Å². The van der Waals surface area contributed by atoms with E-state index >= 15 is 0 Å². The summed E-state index contributed by atoms with van der Waals surface area (Å²) in [5.41, 5.74) is 0.237. The van der Waals surface area contributed by atoms with Gasteiger partial charge in [0.25, 0.3) is 5.91 Å². The molecule has 0 bridgehead atoms. The van der Waals surface area contributed by atoms with Crippen molar-refractivity contribution in [3.8, 4) is 17.2 Å². The zero-order valence-electron chi connectivity index (χ0n) is 14.0. The maximum absolute atomic E-state index is 12.3. The van der Waals surface area contributed by atoms with Crippen LogP contribution in [0.15, 0.2) is 28.7 Å². The average Bonchev–Trinajstić information content (AvgIpc) is 3.19. The number of aromatic nitrogens is 1. The standard InChI is InChI=1S/C18H22N2O4/c1-12-15(16(21)19-11-18(22)9-3-4-10-18)20-17(24-12)13-5-7-14(23-2)8-6-13/h5-8,22H,3-4,9-11H2,1-2H3,(H,19,21). The summed E-state index contributed by atoms with van der Waals surface area (Å²) in [6, 6.07) is 7.27. The number of carbonyl (C=O) groups excluding carboxylic acids is 1. The van der Waals surface area contributed by atoms with Crippen LogP contribution < -0.4 is 10.1 Å². The number of ether oxygens (including phenoxy) is 1. The maximum atomic E-state index is 12.3. The topological polar surface area (TPSA) is 84.6 Å². The number of rotatable bonds is 5. The van der Waals surface area contributed by atoms with Crippen LogP contribution in [0, 0.1) is 6.92 Å². The highest BCUT2D eigenvalue weighted by atomic mass is 16.5.